The lowest BCUT2D eigenvalue weighted by Crippen LogP contribution is -2.12. The van der Waals surface area contributed by atoms with Crippen LogP contribution < -0.4 is 5.32 Å². The fourth-order valence-corrected chi connectivity index (χ4v) is 3.10. The minimum Gasteiger partial charge on any atom is -0.506 e. The van der Waals surface area contributed by atoms with E-state index < -0.39 is 17.5 Å². The number of carbonyl (C=O) groups excluding carboxylic acids is 2. The SMILES string of the molecule is CCOC(=O)c1cc(C(=O)c2cc(Cl)cc(Cl)c2O)cnc1Nc1ccccc1. The smallest absolute Gasteiger partial charge is 0.341 e. The molecule has 0 aliphatic carbocycles. The predicted octanol–water partition coefficient (Wildman–Crippen LogP) is 5.25. The molecule has 0 spiro atoms. The Morgan fingerprint density at radius 1 is 1.10 bits per heavy atom. The molecule has 0 radical (unpaired) electrons. The number of pyridine rings is 1. The highest BCUT2D eigenvalue weighted by Gasteiger charge is 2.22. The maximum atomic E-state index is 12.9. The second-order valence-electron chi connectivity index (χ2n) is 5.94. The summed E-state index contributed by atoms with van der Waals surface area (Å²) in [4.78, 5) is 29.5. The van der Waals surface area contributed by atoms with E-state index in [0.717, 1.165) is 0 Å². The summed E-state index contributed by atoms with van der Waals surface area (Å²) in [5.41, 5.74) is 0.765. The minimum absolute atomic E-state index is 0.0539. The molecule has 8 heteroatoms. The number of phenols is 1. The number of aromatic hydroxyl groups is 1. The summed E-state index contributed by atoms with van der Waals surface area (Å²) >= 11 is 11.8. The van der Waals surface area contributed by atoms with Crippen LogP contribution in [0.25, 0.3) is 0 Å². The third-order valence-electron chi connectivity index (χ3n) is 3.95. The number of esters is 1. The number of rotatable bonds is 6. The van der Waals surface area contributed by atoms with Crippen molar-refractivity contribution in [3.8, 4) is 5.75 Å². The second kappa shape index (κ2) is 8.94. The highest BCUT2D eigenvalue weighted by molar-refractivity contribution is 6.36. The number of hydrogen-bond acceptors (Lipinski definition) is 6. The van der Waals surface area contributed by atoms with Gasteiger partial charge in [0.25, 0.3) is 0 Å². The predicted molar refractivity (Wildman–Crippen MR) is 111 cm³/mol. The molecule has 0 atom stereocenters. The van der Waals surface area contributed by atoms with E-state index in [-0.39, 0.29) is 39.2 Å². The van der Waals surface area contributed by atoms with Gasteiger partial charge in [-0.25, -0.2) is 9.78 Å². The Morgan fingerprint density at radius 2 is 1.83 bits per heavy atom. The number of aromatic nitrogens is 1. The van der Waals surface area contributed by atoms with Crippen molar-refractivity contribution in [1.29, 1.82) is 0 Å². The van der Waals surface area contributed by atoms with Crippen molar-refractivity contribution in [3.05, 3.63) is 81.5 Å². The highest BCUT2D eigenvalue weighted by atomic mass is 35.5. The maximum Gasteiger partial charge on any atom is 0.341 e. The average molecular weight is 431 g/mol. The van der Waals surface area contributed by atoms with E-state index in [2.05, 4.69) is 10.3 Å². The highest BCUT2D eigenvalue weighted by Crippen LogP contribution is 2.33. The summed E-state index contributed by atoms with van der Waals surface area (Å²) in [6.07, 6.45) is 1.30. The molecule has 0 amide bonds. The Kier molecular flexibility index (Phi) is 6.36. The van der Waals surface area contributed by atoms with Crippen LogP contribution in [-0.4, -0.2) is 28.4 Å². The molecule has 2 N–H and O–H groups in total. The molecule has 1 aromatic heterocycles. The van der Waals surface area contributed by atoms with Gasteiger partial charge in [-0.1, -0.05) is 41.4 Å². The molecular formula is C21H16Cl2N2O4. The number of nitrogens with zero attached hydrogens (tertiary/aromatic N) is 1. The van der Waals surface area contributed by atoms with E-state index in [1.807, 2.05) is 30.3 Å². The van der Waals surface area contributed by atoms with Crippen LogP contribution in [-0.2, 0) is 4.74 Å². The topological polar surface area (TPSA) is 88.5 Å². The number of hydrogen-bond donors (Lipinski definition) is 2. The molecule has 3 aromatic rings. The van der Waals surface area contributed by atoms with Gasteiger partial charge in [0.2, 0.25) is 0 Å². The van der Waals surface area contributed by atoms with Crippen molar-refractivity contribution in [2.24, 2.45) is 0 Å². The Morgan fingerprint density at radius 3 is 2.52 bits per heavy atom. The normalized spacial score (nSPS) is 10.4. The second-order valence-corrected chi connectivity index (χ2v) is 6.79. The zero-order chi connectivity index (χ0) is 21.0. The Hall–Kier alpha value is -3.09. The number of para-hydroxylation sites is 1. The molecule has 6 nitrogen and oxygen atoms in total. The van der Waals surface area contributed by atoms with Gasteiger partial charge in [0.15, 0.2) is 5.78 Å². The van der Waals surface area contributed by atoms with Crippen LogP contribution >= 0.6 is 23.2 Å². The van der Waals surface area contributed by atoms with E-state index in [4.69, 9.17) is 27.9 Å². The van der Waals surface area contributed by atoms with Gasteiger partial charge >= 0.3 is 5.97 Å². The fourth-order valence-electron chi connectivity index (χ4n) is 2.61. The molecule has 0 fully saturated rings. The van der Waals surface area contributed by atoms with E-state index >= 15 is 0 Å². The Balaban J connectivity index is 2.04. The van der Waals surface area contributed by atoms with Crippen molar-refractivity contribution in [2.75, 3.05) is 11.9 Å². The summed E-state index contributed by atoms with van der Waals surface area (Å²) in [5, 5.41) is 13.3. The van der Waals surface area contributed by atoms with Crippen molar-refractivity contribution >= 4 is 46.5 Å². The standard InChI is InChI=1S/C21H16Cl2N2O4/c1-2-29-21(28)16-8-12(11-24-20(16)25-14-6-4-3-5-7-14)18(26)15-9-13(22)10-17(23)19(15)27/h3-11,27H,2H2,1H3,(H,24,25). The van der Waals surface area contributed by atoms with Crippen LogP contribution in [0.2, 0.25) is 10.0 Å². The number of benzene rings is 2. The molecule has 0 bridgehead atoms. The number of halogens is 2. The van der Waals surface area contributed by atoms with Crippen LogP contribution in [0.1, 0.15) is 33.2 Å². The van der Waals surface area contributed by atoms with Crippen molar-refractivity contribution in [3.63, 3.8) is 0 Å². The molecule has 0 unspecified atom stereocenters. The molecule has 0 aliphatic heterocycles. The van der Waals surface area contributed by atoms with E-state index in [1.54, 1.807) is 6.92 Å². The van der Waals surface area contributed by atoms with Gasteiger partial charge in [-0.3, -0.25) is 4.79 Å². The maximum absolute atomic E-state index is 12.9. The molecule has 0 aliphatic rings. The van der Waals surface area contributed by atoms with Crippen LogP contribution in [0, 0.1) is 0 Å². The summed E-state index contributed by atoms with van der Waals surface area (Å²) in [6.45, 7) is 1.84. The van der Waals surface area contributed by atoms with Gasteiger partial charge in [0.05, 0.1) is 17.2 Å². The Labute approximate surface area is 177 Å². The number of ketones is 1. The minimum atomic E-state index is -0.638. The largest absolute Gasteiger partial charge is 0.506 e. The number of carbonyl (C=O) groups is 2. The first-order chi connectivity index (χ1) is 13.9. The molecule has 0 saturated carbocycles. The van der Waals surface area contributed by atoms with Gasteiger partial charge in [-0.15, -0.1) is 0 Å². The van der Waals surface area contributed by atoms with Gasteiger partial charge in [0.1, 0.15) is 17.1 Å². The lowest BCUT2D eigenvalue weighted by atomic mass is 10.0. The molecular weight excluding hydrogens is 415 g/mol. The zero-order valence-electron chi connectivity index (χ0n) is 15.3. The third kappa shape index (κ3) is 4.67. The molecule has 1 heterocycles. The summed E-state index contributed by atoms with van der Waals surface area (Å²) in [6, 6.07) is 13.1. The summed E-state index contributed by atoms with van der Waals surface area (Å²) in [5.74, 6) is -1.39. The Bertz CT molecular complexity index is 1070. The van der Waals surface area contributed by atoms with Crippen LogP contribution in [0.3, 0.4) is 0 Å². The molecule has 148 valence electrons. The third-order valence-corrected chi connectivity index (χ3v) is 4.46. The van der Waals surface area contributed by atoms with E-state index in [0.29, 0.717) is 5.69 Å². The lowest BCUT2D eigenvalue weighted by molar-refractivity contribution is 0.0527. The first kappa shape index (κ1) is 20.6. The van der Waals surface area contributed by atoms with Crippen LogP contribution in [0.15, 0.2) is 54.7 Å². The fraction of sp³-hybridized carbons (Fsp3) is 0.0952. The van der Waals surface area contributed by atoms with Crippen molar-refractivity contribution in [1.82, 2.24) is 4.98 Å². The average Bonchev–Trinajstić information content (AvgIpc) is 2.71. The van der Waals surface area contributed by atoms with Crippen LogP contribution in [0.4, 0.5) is 11.5 Å². The molecule has 3 rings (SSSR count). The number of nitrogens with one attached hydrogen (secondary N) is 1. The van der Waals surface area contributed by atoms with Crippen LogP contribution in [0.5, 0.6) is 5.75 Å². The van der Waals surface area contributed by atoms with Gasteiger partial charge in [-0.05, 0) is 37.3 Å². The number of anilines is 2. The summed E-state index contributed by atoms with van der Waals surface area (Å²) in [7, 11) is 0. The lowest BCUT2D eigenvalue weighted by Gasteiger charge is -2.12. The van der Waals surface area contributed by atoms with Crippen molar-refractivity contribution in [2.45, 2.75) is 6.92 Å². The molecule has 2 aromatic carbocycles. The molecule has 29 heavy (non-hydrogen) atoms. The quantitative estimate of drug-likeness (QED) is 0.410. The molecule has 0 saturated heterocycles. The first-order valence-electron chi connectivity index (χ1n) is 8.62. The number of ether oxygens (including phenoxy) is 1. The monoisotopic (exact) mass is 430 g/mol. The van der Waals surface area contributed by atoms with Gasteiger partial charge < -0.3 is 15.2 Å². The zero-order valence-corrected chi connectivity index (χ0v) is 16.8. The van der Waals surface area contributed by atoms with Crippen molar-refractivity contribution < 1.29 is 19.4 Å². The summed E-state index contributed by atoms with van der Waals surface area (Å²) < 4.78 is 5.09. The van der Waals surface area contributed by atoms with Gasteiger partial charge in [-0.2, -0.15) is 0 Å². The number of phenolic OH excluding ortho intramolecular Hbond substituents is 1. The van der Waals surface area contributed by atoms with Gasteiger partial charge in [0, 0.05) is 22.5 Å². The van der Waals surface area contributed by atoms with E-state index in [9.17, 15) is 14.7 Å². The van der Waals surface area contributed by atoms with E-state index in [1.165, 1.54) is 24.4 Å². The first-order valence-corrected chi connectivity index (χ1v) is 9.38.